The number of amides is 1. The lowest BCUT2D eigenvalue weighted by Gasteiger charge is -2.23. The summed E-state index contributed by atoms with van der Waals surface area (Å²) in [4.78, 5) is 12.9. The molecular formula is C13H21F3N2O2. The van der Waals surface area contributed by atoms with E-state index in [1.165, 1.54) is 0 Å². The second kappa shape index (κ2) is 5.18. The van der Waals surface area contributed by atoms with Crippen molar-refractivity contribution in [1.82, 2.24) is 4.90 Å². The number of alkyl halides is 3. The van der Waals surface area contributed by atoms with Crippen LogP contribution in [0.3, 0.4) is 0 Å². The van der Waals surface area contributed by atoms with Crippen LogP contribution in [0.4, 0.5) is 13.2 Å². The molecule has 0 saturated carbocycles. The van der Waals surface area contributed by atoms with E-state index in [1.54, 1.807) is 4.90 Å². The Morgan fingerprint density at radius 2 is 2.05 bits per heavy atom. The number of likely N-dealkylation sites (tertiary alicyclic amines) is 1. The molecule has 7 heteroatoms. The van der Waals surface area contributed by atoms with E-state index in [1.807, 2.05) is 13.8 Å². The molecule has 0 spiro atoms. The molecule has 2 N–H and O–H groups in total. The molecule has 2 saturated heterocycles. The van der Waals surface area contributed by atoms with Crippen molar-refractivity contribution in [1.29, 1.82) is 0 Å². The number of hydrogen-bond donors (Lipinski definition) is 1. The summed E-state index contributed by atoms with van der Waals surface area (Å²) >= 11 is 0. The van der Waals surface area contributed by atoms with Gasteiger partial charge in [0, 0.05) is 19.6 Å². The average molecular weight is 294 g/mol. The molecule has 20 heavy (non-hydrogen) atoms. The summed E-state index contributed by atoms with van der Waals surface area (Å²) in [6.45, 7) is 4.28. The third kappa shape index (κ3) is 3.44. The Morgan fingerprint density at radius 3 is 2.45 bits per heavy atom. The summed E-state index contributed by atoms with van der Waals surface area (Å²) in [5.74, 6) is -3.68. The van der Waals surface area contributed by atoms with Gasteiger partial charge < -0.3 is 10.5 Å². The fourth-order valence-corrected chi connectivity index (χ4v) is 3.15. The molecule has 3 atom stereocenters. The number of nitrogens with two attached hydrogens (primary N) is 1. The number of nitrogens with zero attached hydrogens (tertiary/aromatic N) is 1. The highest BCUT2D eigenvalue weighted by Crippen LogP contribution is 2.38. The maximum atomic E-state index is 12.9. The second-order valence-corrected chi connectivity index (χ2v) is 6.41. The Labute approximate surface area is 116 Å². The molecule has 2 rings (SSSR count). The summed E-state index contributed by atoms with van der Waals surface area (Å²) in [6.07, 6.45) is -2.72. The highest BCUT2D eigenvalue weighted by Gasteiger charge is 2.52. The topological polar surface area (TPSA) is 55.6 Å². The molecule has 2 aliphatic rings. The molecule has 4 nitrogen and oxygen atoms in total. The van der Waals surface area contributed by atoms with Crippen molar-refractivity contribution in [2.75, 3.05) is 19.6 Å². The van der Waals surface area contributed by atoms with E-state index >= 15 is 0 Å². The van der Waals surface area contributed by atoms with E-state index in [0.717, 1.165) is 12.8 Å². The van der Waals surface area contributed by atoms with Gasteiger partial charge >= 0.3 is 6.18 Å². The molecule has 0 bridgehead atoms. The second-order valence-electron chi connectivity index (χ2n) is 6.41. The van der Waals surface area contributed by atoms with E-state index in [4.69, 9.17) is 10.5 Å². The molecule has 1 unspecified atom stereocenters. The van der Waals surface area contributed by atoms with Gasteiger partial charge in [0.05, 0.1) is 23.5 Å². The molecule has 0 radical (unpaired) electrons. The van der Waals surface area contributed by atoms with Gasteiger partial charge in [-0.25, -0.2) is 0 Å². The van der Waals surface area contributed by atoms with Gasteiger partial charge in [-0.05, 0) is 26.7 Å². The molecule has 0 aromatic carbocycles. The fraction of sp³-hybridized carbons (Fsp3) is 0.923. The Balaban J connectivity index is 1.97. The van der Waals surface area contributed by atoms with E-state index in [2.05, 4.69) is 0 Å². The largest absolute Gasteiger partial charge is 0.393 e. The highest BCUT2D eigenvalue weighted by molar-refractivity contribution is 5.77. The average Bonchev–Trinajstić information content (AvgIpc) is 2.82. The first-order valence-corrected chi connectivity index (χ1v) is 6.85. The SMILES string of the molecule is CC1(C)CCC(CN2C[C@H](C(N)=O)[C@@H](C(F)(F)F)C2)O1. The van der Waals surface area contributed by atoms with Gasteiger partial charge in [-0.3, -0.25) is 9.69 Å². The van der Waals surface area contributed by atoms with Crippen LogP contribution in [0.25, 0.3) is 0 Å². The molecule has 2 fully saturated rings. The number of carbonyl (C=O) groups excluding carboxylic acids is 1. The molecule has 1 amide bonds. The lowest BCUT2D eigenvalue weighted by molar-refractivity contribution is -0.182. The predicted octanol–water partition coefficient (Wildman–Crippen LogP) is 1.54. The van der Waals surface area contributed by atoms with Crippen molar-refractivity contribution in [3.63, 3.8) is 0 Å². The minimum Gasteiger partial charge on any atom is -0.371 e. The van der Waals surface area contributed by atoms with Gasteiger partial charge in [0.1, 0.15) is 0 Å². The fourth-order valence-electron chi connectivity index (χ4n) is 3.15. The van der Waals surface area contributed by atoms with E-state index in [0.29, 0.717) is 6.54 Å². The summed E-state index contributed by atoms with van der Waals surface area (Å²) < 4.78 is 44.5. The smallest absolute Gasteiger partial charge is 0.371 e. The van der Waals surface area contributed by atoms with Crippen LogP contribution in [0, 0.1) is 11.8 Å². The maximum absolute atomic E-state index is 12.9. The lowest BCUT2D eigenvalue weighted by atomic mass is 9.95. The monoisotopic (exact) mass is 294 g/mol. The summed E-state index contributed by atoms with van der Waals surface area (Å²) in [7, 11) is 0. The van der Waals surface area contributed by atoms with Gasteiger partial charge in [0.25, 0.3) is 0 Å². The Bertz CT molecular complexity index is 384. The first kappa shape index (κ1) is 15.6. The number of hydrogen-bond acceptors (Lipinski definition) is 3. The van der Waals surface area contributed by atoms with Crippen molar-refractivity contribution in [2.45, 2.75) is 44.6 Å². The molecular weight excluding hydrogens is 273 g/mol. The maximum Gasteiger partial charge on any atom is 0.393 e. The molecule has 2 aliphatic heterocycles. The number of rotatable bonds is 3. The van der Waals surface area contributed by atoms with E-state index in [-0.39, 0.29) is 24.8 Å². The van der Waals surface area contributed by atoms with Crippen LogP contribution in [-0.2, 0) is 9.53 Å². The van der Waals surface area contributed by atoms with Crippen molar-refractivity contribution in [3.8, 4) is 0 Å². The molecule has 116 valence electrons. The minimum atomic E-state index is -4.38. The normalized spacial score (nSPS) is 34.5. The quantitative estimate of drug-likeness (QED) is 0.859. The molecule has 0 aliphatic carbocycles. The third-order valence-electron chi connectivity index (χ3n) is 4.20. The predicted molar refractivity (Wildman–Crippen MR) is 66.9 cm³/mol. The van der Waals surface area contributed by atoms with Crippen LogP contribution in [0.2, 0.25) is 0 Å². The third-order valence-corrected chi connectivity index (χ3v) is 4.20. The number of ether oxygens (including phenoxy) is 1. The van der Waals surface area contributed by atoms with Gasteiger partial charge in [0.2, 0.25) is 5.91 Å². The zero-order valence-electron chi connectivity index (χ0n) is 11.7. The van der Waals surface area contributed by atoms with Crippen LogP contribution < -0.4 is 5.73 Å². The lowest BCUT2D eigenvalue weighted by Crippen LogP contribution is -2.37. The van der Waals surface area contributed by atoms with Crippen LogP contribution in [0.15, 0.2) is 0 Å². The minimum absolute atomic E-state index is 0.0643. The standard InChI is InChI=1S/C13H21F3N2O2/c1-12(2)4-3-8(20-12)5-18-6-9(11(17)19)10(7-18)13(14,15)16/h8-10H,3-7H2,1-2H3,(H2,17,19)/t8?,9-,10-/m0/s1. The van der Waals surface area contributed by atoms with Crippen LogP contribution in [0.1, 0.15) is 26.7 Å². The summed E-state index contributed by atoms with van der Waals surface area (Å²) in [5, 5.41) is 0. The van der Waals surface area contributed by atoms with Crippen LogP contribution in [0.5, 0.6) is 0 Å². The highest BCUT2D eigenvalue weighted by atomic mass is 19.4. The van der Waals surface area contributed by atoms with E-state index in [9.17, 15) is 18.0 Å². The van der Waals surface area contributed by atoms with Gasteiger partial charge in [0.15, 0.2) is 0 Å². The van der Waals surface area contributed by atoms with Gasteiger partial charge in [-0.1, -0.05) is 0 Å². The zero-order valence-corrected chi connectivity index (χ0v) is 11.7. The molecule has 0 aromatic rings. The van der Waals surface area contributed by atoms with Crippen molar-refractivity contribution in [2.24, 2.45) is 17.6 Å². The molecule has 0 aromatic heterocycles. The molecule has 2 heterocycles. The van der Waals surface area contributed by atoms with Gasteiger partial charge in [-0.15, -0.1) is 0 Å². The van der Waals surface area contributed by atoms with E-state index < -0.39 is 23.9 Å². The Kier molecular flexibility index (Phi) is 4.03. The Morgan fingerprint density at radius 1 is 1.40 bits per heavy atom. The van der Waals surface area contributed by atoms with Crippen molar-refractivity contribution in [3.05, 3.63) is 0 Å². The Hall–Kier alpha value is -0.820. The summed E-state index contributed by atoms with van der Waals surface area (Å²) in [5.41, 5.74) is 4.89. The zero-order chi connectivity index (χ0) is 15.1. The van der Waals surface area contributed by atoms with Gasteiger partial charge in [-0.2, -0.15) is 13.2 Å². The van der Waals surface area contributed by atoms with Crippen LogP contribution >= 0.6 is 0 Å². The number of primary amides is 1. The first-order chi connectivity index (χ1) is 9.08. The van der Waals surface area contributed by atoms with Crippen molar-refractivity contribution < 1.29 is 22.7 Å². The summed E-state index contributed by atoms with van der Waals surface area (Å²) in [6, 6.07) is 0. The number of carbonyl (C=O) groups is 1. The first-order valence-electron chi connectivity index (χ1n) is 6.85. The number of halogens is 3. The van der Waals surface area contributed by atoms with Crippen LogP contribution in [-0.4, -0.2) is 48.3 Å². The van der Waals surface area contributed by atoms with Crippen molar-refractivity contribution >= 4 is 5.91 Å².